The van der Waals surface area contributed by atoms with Gasteiger partial charge in [0, 0.05) is 18.2 Å². The molecule has 15 nitrogen and oxygen atoms in total. The minimum Gasteiger partial charge on any atom is -0.497 e. The summed E-state index contributed by atoms with van der Waals surface area (Å²) >= 11 is 0. The fourth-order valence-corrected chi connectivity index (χ4v) is 10.0. The number of fused-ring (bicyclic) bond motifs is 3. The number of rotatable bonds is 11. The summed E-state index contributed by atoms with van der Waals surface area (Å²) in [6, 6.07) is 9.87. The van der Waals surface area contributed by atoms with E-state index < -0.39 is 79.4 Å². The lowest BCUT2D eigenvalue weighted by Crippen LogP contribution is -2.49. The van der Waals surface area contributed by atoms with Crippen molar-refractivity contribution in [1.82, 2.24) is 19.6 Å². The van der Waals surface area contributed by atoms with Crippen molar-refractivity contribution in [2.75, 3.05) is 13.7 Å². The van der Waals surface area contributed by atoms with Crippen LogP contribution in [-0.4, -0.2) is 101 Å². The summed E-state index contributed by atoms with van der Waals surface area (Å²) in [4.78, 5) is 68.5. The monoisotopic (exact) mass is 902 g/mol. The average Bonchev–Trinajstić information content (AvgIpc) is 4.10. The van der Waals surface area contributed by atoms with Crippen LogP contribution in [0.5, 0.6) is 17.4 Å². The number of carbonyl (C=O) groups excluding carboxylic acids is 4. The third kappa shape index (κ3) is 10.4. The zero-order chi connectivity index (χ0) is 46.4. The number of allylic oxidation sites excluding steroid dienone is 2. The number of methoxy groups -OCH3 is 1. The fraction of sp³-hybridized carbons (Fsp3) is 0.583. The molecular weight excluding hydrogens is 841 g/mol. The Morgan fingerprint density at radius 2 is 1.78 bits per heavy atom. The van der Waals surface area contributed by atoms with Gasteiger partial charge in [0.1, 0.15) is 23.2 Å². The van der Waals surface area contributed by atoms with Gasteiger partial charge in [-0.3, -0.25) is 28.9 Å². The molecule has 2 aliphatic carbocycles. The van der Waals surface area contributed by atoms with Crippen molar-refractivity contribution in [3.05, 3.63) is 54.7 Å². The second kappa shape index (κ2) is 18.1. The van der Waals surface area contributed by atoms with Gasteiger partial charge in [-0.05, 0) is 135 Å². The maximum atomic E-state index is 15.1. The van der Waals surface area contributed by atoms with E-state index in [0.29, 0.717) is 54.0 Å². The highest BCUT2D eigenvalue weighted by molar-refractivity contribution is 7.91. The topological polar surface area (TPSA) is 190 Å². The number of amides is 2. The highest BCUT2D eigenvalue weighted by atomic mass is 32.2. The molecule has 2 aromatic heterocycles. The molecule has 1 N–H and O–H groups in total. The van der Waals surface area contributed by atoms with E-state index in [-0.39, 0.29) is 50.3 Å². The molecule has 4 aliphatic rings. The Bertz CT molecular complexity index is 2410. The largest absolute Gasteiger partial charge is 0.497 e. The number of Topliss-reactive ketones (excluding diaryl/α,β-unsaturated/α-hetero) is 1. The zero-order valence-electron chi connectivity index (χ0n) is 38.3. The molecule has 0 bridgehead atoms. The lowest BCUT2D eigenvalue weighted by atomic mass is 9.90. The van der Waals surface area contributed by atoms with Gasteiger partial charge in [-0.25, -0.2) is 13.4 Å². The van der Waals surface area contributed by atoms with Crippen molar-refractivity contribution in [3.63, 3.8) is 0 Å². The lowest BCUT2D eigenvalue weighted by Gasteiger charge is -2.32. The summed E-state index contributed by atoms with van der Waals surface area (Å²) in [5.74, 6) is -2.20. The molecule has 1 saturated heterocycles. The number of sulfonamides is 1. The van der Waals surface area contributed by atoms with Crippen LogP contribution in [0.1, 0.15) is 107 Å². The van der Waals surface area contributed by atoms with Gasteiger partial charge >= 0.3 is 5.97 Å². The number of ether oxygens (including phenoxy) is 5. The van der Waals surface area contributed by atoms with Crippen molar-refractivity contribution < 1.29 is 51.3 Å². The molecule has 3 aromatic rings. The Morgan fingerprint density at radius 3 is 2.44 bits per heavy atom. The number of hydrogen-bond donors (Lipinski definition) is 1. The van der Waals surface area contributed by atoms with Gasteiger partial charge in [-0.15, -0.1) is 0 Å². The predicted octanol–water partition coefficient (Wildman–Crippen LogP) is 6.90. The maximum Gasteiger partial charge on any atom is 0.307 e. The highest BCUT2D eigenvalue weighted by Gasteiger charge is 2.63. The van der Waals surface area contributed by atoms with E-state index >= 15 is 4.79 Å². The van der Waals surface area contributed by atoms with Gasteiger partial charge in [-0.2, -0.15) is 0 Å². The van der Waals surface area contributed by atoms with Gasteiger partial charge in [0.2, 0.25) is 27.7 Å². The number of pyridine rings is 2. The van der Waals surface area contributed by atoms with Crippen molar-refractivity contribution in [2.45, 2.75) is 148 Å². The quantitative estimate of drug-likeness (QED) is 0.155. The molecule has 2 saturated carbocycles. The molecule has 64 heavy (non-hydrogen) atoms. The van der Waals surface area contributed by atoms with Crippen LogP contribution < -0.4 is 18.9 Å². The summed E-state index contributed by atoms with van der Waals surface area (Å²) in [5.41, 5.74) is -1.10. The normalized spacial score (nSPS) is 27.7. The Kier molecular flexibility index (Phi) is 13.2. The smallest absolute Gasteiger partial charge is 0.307 e. The van der Waals surface area contributed by atoms with E-state index in [1.165, 1.54) is 4.90 Å². The first-order valence-electron chi connectivity index (χ1n) is 22.3. The molecule has 16 heteroatoms. The van der Waals surface area contributed by atoms with E-state index in [0.717, 1.165) is 5.39 Å². The molecule has 0 unspecified atom stereocenters. The molecular formula is C48H62N4O11S. The summed E-state index contributed by atoms with van der Waals surface area (Å²) in [6.45, 7) is 14.3. The molecule has 0 radical (unpaired) electrons. The van der Waals surface area contributed by atoms with Gasteiger partial charge in [0.15, 0.2) is 5.78 Å². The first kappa shape index (κ1) is 46.9. The predicted molar refractivity (Wildman–Crippen MR) is 239 cm³/mol. The van der Waals surface area contributed by atoms with Crippen LogP contribution in [0.4, 0.5) is 0 Å². The number of hydrogen-bond acceptors (Lipinski definition) is 13. The van der Waals surface area contributed by atoms with Crippen molar-refractivity contribution >= 4 is 44.4 Å². The van der Waals surface area contributed by atoms with E-state index in [9.17, 15) is 22.8 Å². The third-order valence-corrected chi connectivity index (χ3v) is 14.9. The van der Waals surface area contributed by atoms with Crippen LogP contribution >= 0.6 is 0 Å². The van der Waals surface area contributed by atoms with Crippen LogP contribution in [0.25, 0.3) is 22.2 Å². The van der Waals surface area contributed by atoms with Gasteiger partial charge in [-0.1, -0.05) is 12.2 Å². The van der Waals surface area contributed by atoms with Crippen LogP contribution in [0.3, 0.4) is 0 Å². The maximum absolute atomic E-state index is 15.1. The number of nitrogens with zero attached hydrogens (tertiary/aromatic N) is 3. The SMILES string of the molecule is COc1ccc2c(O[C@@H]3C[C@H]4C(=O)C[C@]5(C(=O)NS(=O)(=O)C6(C)CC6)C[C@H]5/C=C\CC[C@@H](C)O[C@@H](C)[C@H](CC(=O)OC(C)(C)C)C(=O)N4C3)nc(-c3ccc(OC(C)C)cn3)cc2c1. The summed E-state index contributed by atoms with van der Waals surface area (Å²) in [6.07, 6.45) is 5.29. The molecule has 3 fully saturated rings. The van der Waals surface area contributed by atoms with E-state index in [1.807, 2.05) is 57.2 Å². The van der Waals surface area contributed by atoms with Crippen LogP contribution in [0.15, 0.2) is 54.7 Å². The van der Waals surface area contributed by atoms with Gasteiger partial charge in [0.25, 0.3) is 0 Å². The molecule has 0 spiro atoms. The number of benzene rings is 1. The number of carbonyl (C=O) groups is 4. The number of esters is 1. The number of ketones is 1. The van der Waals surface area contributed by atoms with Crippen molar-refractivity contribution in [2.24, 2.45) is 17.3 Å². The molecule has 7 rings (SSSR count). The van der Waals surface area contributed by atoms with Crippen LogP contribution in [0, 0.1) is 17.3 Å². The van der Waals surface area contributed by atoms with E-state index in [2.05, 4.69) is 9.71 Å². The van der Waals surface area contributed by atoms with E-state index in [4.69, 9.17) is 28.7 Å². The summed E-state index contributed by atoms with van der Waals surface area (Å²) in [7, 11) is -2.43. The average molecular weight is 903 g/mol. The Balaban J connectivity index is 1.26. The molecule has 7 atom stereocenters. The Hall–Kier alpha value is -5.09. The number of aromatic nitrogens is 2. The van der Waals surface area contributed by atoms with Gasteiger partial charge in [0.05, 0.1) is 78.1 Å². The van der Waals surface area contributed by atoms with Crippen LogP contribution in [-0.2, 0) is 38.7 Å². The standard InChI is InChI=1S/C48H62N4O11S/c1-28(2)60-34-15-17-38(49-26-34)39-21-31-20-33(59-9)14-16-36(31)43(50-39)62-35-22-40-41(53)25-48(45(56)51-64(57,58)47(8)18-19-47)24-32(48)13-11-10-12-29(3)61-30(4)37(44(55)52(40)27-35)23-42(54)63-46(5,6)7/h11,13-17,20-21,26,28-30,32,35,37,40H,10,12,18-19,22-25,27H2,1-9H3,(H,51,56)/b13-11-/t29-,30+,32-,35-,37+,40+,48-/m1/s1. The van der Waals surface area contributed by atoms with Crippen molar-refractivity contribution in [1.29, 1.82) is 0 Å². The highest BCUT2D eigenvalue weighted by Crippen LogP contribution is 2.57. The molecule has 2 amide bonds. The Labute approximate surface area is 376 Å². The Morgan fingerprint density at radius 1 is 1.05 bits per heavy atom. The zero-order valence-corrected chi connectivity index (χ0v) is 39.2. The van der Waals surface area contributed by atoms with E-state index in [1.54, 1.807) is 60.1 Å². The lowest BCUT2D eigenvalue weighted by molar-refractivity contribution is -0.163. The molecule has 1 aromatic carbocycles. The minimum atomic E-state index is -4.00. The second-order valence-corrected chi connectivity index (χ2v) is 21.7. The summed E-state index contributed by atoms with van der Waals surface area (Å²) in [5, 5.41) is 1.40. The van der Waals surface area contributed by atoms with Crippen LogP contribution in [0.2, 0.25) is 0 Å². The molecule has 4 heterocycles. The van der Waals surface area contributed by atoms with Crippen molar-refractivity contribution in [3.8, 4) is 28.8 Å². The number of nitrogens with one attached hydrogen (secondary N) is 1. The second-order valence-electron chi connectivity index (χ2n) is 19.5. The van der Waals surface area contributed by atoms with Gasteiger partial charge < -0.3 is 28.6 Å². The molecule has 346 valence electrons. The molecule has 2 aliphatic heterocycles. The first-order chi connectivity index (χ1) is 30.1. The fourth-order valence-electron chi connectivity index (χ4n) is 8.72. The minimum absolute atomic E-state index is 0.0347. The third-order valence-electron chi connectivity index (χ3n) is 12.7. The summed E-state index contributed by atoms with van der Waals surface area (Å²) < 4.78 is 58.2. The first-order valence-corrected chi connectivity index (χ1v) is 23.8.